The van der Waals surface area contributed by atoms with Crippen molar-refractivity contribution in [1.29, 1.82) is 0 Å². The lowest BCUT2D eigenvalue weighted by atomic mass is 10.5. The Morgan fingerprint density at radius 3 is 2.75 bits per heavy atom. The largest absolute Gasteiger partial charge is 0.383 e. The molecule has 0 aromatic carbocycles. The highest BCUT2D eigenvalue weighted by molar-refractivity contribution is 7.10. The van der Waals surface area contributed by atoms with E-state index < -0.39 is 0 Å². The summed E-state index contributed by atoms with van der Waals surface area (Å²) < 4.78 is 0. The molecule has 1 heterocycles. The Kier molecular flexibility index (Phi) is 1.45. The molecular formula is C4H7N3S. The van der Waals surface area contributed by atoms with Crippen LogP contribution in [-0.2, 0) is 6.54 Å². The van der Waals surface area contributed by atoms with Gasteiger partial charge >= 0.3 is 0 Å². The molecule has 0 atom stereocenters. The van der Waals surface area contributed by atoms with Crippen LogP contribution < -0.4 is 11.5 Å². The number of hydrogen-bond donors (Lipinski definition) is 2. The number of anilines is 1. The Hall–Kier alpha value is -0.610. The Morgan fingerprint density at radius 2 is 2.50 bits per heavy atom. The van der Waals surface area contributed by atoms with Gasteiger partial charge in [0, 0.05) is 6.54 Å². The molecule has 1 aromatic rings. The minimum absolute atomic E-state index is 0.497. The lowest BCUT2D eigenvalue weighted by Gasteiger charge is -1.86. The average Bonchev–Trinajstić information content (AvgIpc) is 2.14. The number of nitrogens with two attached hydrogens (primary N) is 2. The van der Waals surface area contributed by atoms with Crippen molar-refractivity contribution >= 4 is 17.2 Å². The summed E-state index contributed by atoms with van der Waals surface area (Å²) in [6.45, 7) is 0.497. The van der Waals surface area contributed by atoms with Crippen LogP contribution in [0.25, 0.3) is 0 Å². The number of aromatic nitrogens is 1. The van der Waals surface area contributed by atoms with E-state index in [9.17, 15) is 0 Å². The molecule has 0 unspecified atom stereocenters. The SMILES string of the molecule is NCc1scnc1N. The lowest BCUT2D eigenvalue weighted by Crippen LogP contribution is -1.97. The van der Waals surface area contributed by atoms with Gasteiger partial charge in [0.2, 0.25) is 0 Å². The molecule has 0 aliphatic heterocycles. The van der Waals surface area contributed by atoms with Crippen molar-refractivity contribution in [2.45, 2.75) is 6.54 Å². The summed E-state index contributed by atoms with van der Waals surface area (Å²) in [5, 5.41) is 0. The maximum absolute atomic E-state index is 5.37. The predicted octanol–water partition coefficient (Wildman–Crippen LogP) is 0.184. The molecule has 0 bridgehead atoms. The Labute approximate surface area is 51.3 Å². The fourth-order valence-electron chi connectivity index (χ4n) is 0.432. The van der Waals surface area contributed by atoms with Gasteiger partial charge in [-0.2, -0.15) is 0 Å². The molecule has 0 amide bonds. The Morgan fingerprint density at radius 1 is 1.75 bits per heavy atom. The van der Waals surface area contributed by atoms with Gasteiger partial charge in [0.25, 0.3) is 0 Å². The average molecular weight is 129 g/mol. The van der Waals surface area contributed by atoms with Gasteiger partial charge in [0.1, 0.15) is 5.82 Å². The van der Waals surface area contributed by atoms with Gasteiger partial charge in [-0.3, -0.25) is 0 Å². The summed E-state index contributed by atoms with van der Waals surface area (Å²) in [5.74, 6) is 0.567. The molecule has 8 heavy (non-hydrogen) atoms. The maximum Gasteiger partial charge on any atom is 0.138 e. The molecule has 0 radical (unpaired) electrons. The van der Waals surface area contributed by atoms with Gasteiger partial charge in [0.05, 0.1) is 10.4 Å². The number of thiazole rings is 1. The van der Waals surface area contributed by atoms with Crippen LogP contribution in [-0.4, -0.2) is 4.98 Å². The van der Waals surface area contributed by atoms with Crippen LogP contribution in [0.2, 0.25) is 0 Å². The maximum atomic E-state index is 5.37. The fraction of sp³-hybridized carbons (Fsp3) is 0.250. The summed E-state index contributed by atoms with van der Waals surface area (Å²) in [7, 11) is 0. The molecule has 0 saturated heterocycles. The molecule has 44 valence electrons. The van der Waals surface area contributed by atoms with Crippen molar-refractivity contribution in [2.75, 3.05) is 5.73 Å². The van der Waals surface area contributed by atoms with E-state index in [-0.39, 0.29) is 0 Å². The van der Waals surface area contributed by atoms with Crippen LogP contribution >= 0.6 is 11.3 Å². The van der Waals surface area contributed by atoms with Gasteiger partial charge < -0.3 is 11.5 Å². The molecule has 0 fully saturated rings. The van der Waals surface area contributed by atoms with E-state index in [1.54, 1.807) is 5.51 Å². The molecule has 1 aromatic heterocycles. The number of hydrogen-bond acceptors (Lipinski definition) is 4. The van der Waals surface area contributed by atoms with Crippen LogP contribution in [0.5, 0.6) is 0 Å². The normalized spacial score (nSPS) is 9.62. The fourth-order valence-corrected chi connectivity index (χ4v) is 0.995. The van der Waals surface area contributed by atoms with Crippen molar-refractivity contribution in [2.24, 2.45) is 5.73 Å². The second-order valence-electron chi connectivity index (χ2n) is 1.36. The third-order valence-electron chi connectivity index (χ3n) is 0.858. The van der Waals surface area contributed by atoms with E-state index in [0.717, 1.165) is 4.88 Å². The zero-order chi connectivity index (χ0) is 5.98. The van der Waals surface area contributed by atoms with Crippen LogP contribution in [0.4, 0.5) is 5.82 Å². The van der Waals surface area contributed by atoms with Gasteiger partial charge in [-0.1, -0.05) is 0 Å². The highest BCUT2D eigenvalue weighted by atomic mass is 32.1. The van der Waals surface area contributed by atoms with Crippen molar-refractivity contribution in [3.05, 3.63) is 10.4 Å². The number of nitrogens with zero attached hydrogens (tertiary/aromatic N) is 1. The van der Waals surface area contributed by atoms with E-state index in [4.69, 9.17) is 11.5 Å². The predicted molar refractivity (Wildman–Crippen MR) is 34.4 cm³/mol. The zero-order valence-corrected chi connectivity index (χ0v) is 5.11. The first-order chi connectivity index (χ1) is 3.84. The van der Waals surface area contributed by atoms with Crippen molar-refractivity contribution < 1.29 is 0 Å². The second-order valence-corrected chi connectivity index (χ2v) is 2.30. The first-order valence-corrected chi connectivity index (χ1v) is 3.10. The smallest absolute Gasteiger partial charge is 0.138 e. The summed E-state index contributed by atoms with van der Waals surface area (Å²) in [6.07, 6.45) is 0. The minimum Gasteiger partial charge on any atom is -0.383 e. The number of nitrogen functional groups attached to an aromatic ring is 1. The standard InChI is InChI=1S/C4H7N3S/c5-1-3-4(6)7-2-8-3/h2H,1,5-6H2. The zero-order valence-electron chi connectivity index (χ0n) is 4.29. The van der Waals surface area contributed by atoms with Gasteiger partial charge in [-0.15, -0.1) is 11.3 Å². The summed E-state index contributed by atoms with van der Waals surface area (Å²) in [5.41, 5.74) is 12.3. The third-order valence-corrected chi connectivity index (χ3v) is 1.73. The van der Waals surface area contributed by atoms with Crippen molar-refractivity contribution in [3.63, 3.8) is 0 Å². The molecule has 0 aliphatic rings. The van der Waals surface area contributed by atoms with Crippen molar-refractivity contribution in [1.82, 2.24) is 4.98 Å². The van der Waals surface area contributed by atoms with Gasteiger partial charge in [-0.05, 0) is 0 Å². The molecule has 4 heteroatoms. The van der Waals surface area contributed by atoms with Crippen LogP contribution in [0.15, 0.2) is 5.51 Å². The lowest BCUT2D eigenvalue weighted by molar-refractivity contribution is 1.10. The Balaban J connectivity index is 2.92. The molecule has 0 spiro atoms. The molecule has 0 aliphatic carbocycles. The Bertz CT molecular complexity index is 172. The van der Waals surface area contributed by atoms with E-state index in [2.05, 4.69) is 4.98 Å². The molecule has 3 nitrogen and oxygen atoms in total. The van der Waals surface area contributed by atoms with Crippen molar-refractivity contribution in [3.8, 4) is 0 Å². The topological polar surface area (TPSA) is 64.9 Å². The summed E-state index contributed by atoms with van der Waals surface area (Å²) in [6, 6.07) is 0. The van der Waals surface area contributed by atoms with Crippen LogP contribution in [0.3, 0.4) is 0 Å². The van der Waals surface area contributed by atoms with Gasteiger partial charge in [-0.25, -0.2) is 4.98 Å². The minimum atomic E-state index is 0.497. The molecule has 4 N–H and O–H groups in total. The first kappa shape index (κ1) is 5.53. The highest BCUT2D eigenvalue weighted by Gasteiger charge is 1.95. The molecule has 0 saturated carbocycles. The molecular weight excluding hydrogens is 122 g/mol. The first-order valence-electron chi connectivity index (χ1n) is 2.22. The quantitative estimate of drug-likeness (QED) is 0.568. The van der Waals surface area contributed by atoms with Crippen LogP contribution in [0.1, 0.15) is 4.88 Å². The highest BCUT2D eigenvalue weighted by Crippen LogP contribution is 2.12. The third kappa shape index (κ3) is 0.801. The molecule has 1 rings (SSSR count). The van der Waals surface area contributed by atoms with Gasteiger partial charge in [0.15, 0.2) is 0 Å². The van der Waals surface area contributed by atoms with E-state index in [0.29, 0.717) is 12.4 Å². The van der Waals surface area contributed by atoms with Crippen LogP contribution in [0, 0.1) is 0 Å². The number of rotatable bonds is 1. The van der Waals surface area contributed by atoms with E-state index in [1.165, 1.54) is 11.3 Å². The monoisotopic (exact) mass is 129 g/mol. The van der Waals surface area contributed by atoms with E-state index in [1.807, 2.05) is 0 Å². The van der Waals surface area contributed by atoms with E-state index >= 15 is 0 Å². The summed E-state index contributed by atoms with van der Waals surface area (Å²) >= 11 is 1.49. The summed E-state index contributed by atoms with van der Waals surface area (Å²) in [4.78, 5) is 4.77. The second kappa shape index (κ2) is 2.11.